The van der Waals surface area contributed by atoms with Crippen molar-refractivity contribution in [2.24, 2.45) is 14.1 Å². The van der Waals surface area contributed by atoms with Crippen LogP contribution in [0.5, 0.6) is 0 Å². The van der Waals surface area contributed by atoms with Crippen molar-refractivity contribution in [2.45, 2.75) is 20.0 Å². The van der Waals surface area contributed by atoms with Gasteiger partial charge in [-0.05, 0) is 19.1 Å². The van der Waals surface area contributed by atoms with Gasteiger partial charge in [0, 0.05) is 46.8 Å². The van der Waals surface area contributed by atoms with Gasteiger partial charge in [0.25, 0.3) is 5.56 Å². The van der Waals surface area contributed by atoms with Crippen LogP contribution in [-0.4, -0.2) is 49.8 Å². The van der Waals surface area contributed by atoms with Gasteiger partial charge in [-0.2, -0.15) is 0 Å². The van der Waals surface area contributed by atoms with E-state index in [1.165, 1.54) is 17.7 Å². The Balaban J connectivity index is 1.59. The molecule has 0 saturated carbocycles. The Morgan fingerprint density at radius 2 is 1.72 bits per heavy atom. The second-order valence-electron chi connectivity index (χ2n) is 7.36. The fourth-order valence-corrected chi connectivity index (χ4v) is 4.01. The van der Waals surface area contributed by atoms with Crippen LogP contribution in [0, 0.1) is 5.82 Å². The van der Waals surface area contributed by atoms with Gasteiger partial charge < -0.3 is 9.47 Å². The second-order valence-corrected chi connectivity index (χ2v) is 7.36. The minimum Gasteiger partial charge on any atom is -0.367 e. The second kappa shape index (κ2) is 7.47. The molecule has 0 N–H and O–H groups in total. The van der Waals surface area contributed by atoms with Crippen LogP contribution in [0.2, 0.25) is 0 Å². The molecule has 1 aliphatic rings. The smallest absolute Gasteiger partial charge is 0.332 e. The summed E-state index contributed by atoms with van der Waals surface area (Å²) < 4.78 is 18.5. The maximum atomic E-state index is 14.0. The van der Waals surface area contributed by atoms with E-state index in [0.29, 0.717) is 43.0 Å². The summed E-state index contributed by atoms with van der Waals surface area (Å²) in [6.45, 7) is 6.09. The van der Waals surface area contributed by atoms with E-state index in [0.717, 1.165) is 23.5 Å². The maximum Gasteiger partial charge on any atom is 0.332 e. The SMILES string of the molecule is CCn1c(CN2CCN(c3ccccc3F)CC2)nc2c1c(=O)n(C)c(=O)n2C. The van der Waals surface area contributed by atoms with E-state index in [1.54, 1.807) is 19.2 Å². The van der Waals surface area contributed by atoms with Crippen molar-refractivity contribution in [1.29, 1.82) is 0 Å². The average molecular weight is 400 g/mol. The number of hydrogen-bond donors (Lipinski definition) is 0. The van der Waals surface area contributed by atoms with Crippen LogP contribution >= 0.6 is 0 Å². The third-order valence-corrected chi connectivity index (χ3v) is 5.67. The molecular formula is C20H25FN6O2. The molecule has 0 amide bonds. The van der Waals surface area contributed by atoms with Gasteiger partial charge in [0.2, 0.25) is 0 Å². The van der Waals surface area contributed by atoms with E-state index in [9.17, 15) is 14.0 Å². The van der Waals surface area contributed by atoms with E-state index in [2.05, 4.69) is 9.88 Å². The molecule has 0 spiro atoms. The van der Waals surface area contributed by atoms with Gasteiger partial charge in [-0.3, -0.25) is 18.8 Å². The quantitative estimate of drug-likeness (QED) is 0.651. The predicted molar refractivity (Wildman–Crippen MR) is 110 cm³/mol. The largest absolute Gasteiger partial charge is 0.367 e. The summed E-state index contributed by atoms with van der Waals surface area (Å²) >= 11 is 0. The molecular weight excluding hydrogens is 375 g/mol. The summed E-state index contributed by atoms with van der Waals surface area (Å²) in [5.41, 5.74) is 0.796. The summed E-state index contributed by atoms with van der Waals surface area (Å²) in [5.74, 6) is 0.561. The summed E-state index contributed by atoms with van der Waals surface area (Å²) in [4.78, 5) is 33.8. The first kappa shape index (κ1) is 19.4. The summed E-state index contributed by atoms with van der Waals surface area (Å²) in [6, 6.07) is 6.83. The molecule has 4 rings (SSSR count). The van der Waals surface area contributed by atoms with E-state index in [1.807, 2.05) is 22.5 Å². The zero-order valence-electron chi connectivity index (χ0n) is 16.9. The van der Waals surface area contributed by atoms with Gasteiger partial charge in [-0.25, -0.2) is 14.2 Å². The fourth-order valence-electron chi connectivity index (χ4n) is 4.01. The van der Waals surface area contributed by atoms with Crippen LogP contribution in [0.15, 0.2) is 33.9 Å². The standard InChI is InChI=1S/C20H25FN6O2/c1-4-27-16(22-18-17(27)19(28)24(3)20(29)23(18)2)13-25-9-11-26(12-10-25)15-8-6-5-7-14(15)21/h5-8H,4,9-13H2,1-3H3. The molecule has 1 fully saturated rings. The highest BCUT2D eigenvalue weighted by Crippen LogP contribution is 2.21. The Morgan fingerprint density at radius 3 is 2.38 bits per heavy atom. The summed E-state index contributed by atoms with van der Waals surface area (Å²) in [6.07, 6.45) is 0. The molecule has 29 heavy (non-hydrogen) atoms. The van der Waals surface area contributed by atoms with E-state index >= 15 is 0 Å². The number of rotatable bonds is 4. The molecule has 9 heteroatoms. The number of benzene rings is 1. The summed E-state index contributed by atoms with van der Waals surface area (Å²) in [7, 11) is 3.12. The zero-order valence-corrected chi connectivity index (χ0v) is 16.9. The van der Waals surface area contributed by atoms with Crippen molar-refractivity contribution < 1.29 is 4.39 Å². The third kappa shape index (κ3) is 3.25. The lowest BCUT2D eigenvalue weighted by atomic mass is 10.2. The van der Waals surface area contributed by atoms with E-state index in [4.69, 9.17) is 0 Å². The average Bonchev–Trinajstić information content (AvgIpc) is 3.10. The van der Waals surface area contributed by atoms with Crippen LogP contribution in [0.1, 0.15) is 12.7 Å². The molecule has 1 saturated heterocycles. The Bertz CT molecular complexity index is 1170. The molecule has 2 aromatic heterocycles. The molecule has 0 aliphatic carbocycles. The van der Waals surface area contributed by atoms with Crippen LogP contribution in [-0.2, 0) is 27.2 Å². The van der Waals surface area contributed by atoms with Gasteiger partial charge in [-0.1, -0.05) is 12.1 Å². The first-order valence-corrected chi connectivity index (χ1v) is 9.79. The molecule has 8 nitrogen and oxygen atoms in total. The Morgan fingerprint density at radius 1 is 1.03 bits per heavy atom. The van der Waals surface area contributed by atoms with Gasteiger partial charge in [0.15, 0.2) is 11.2 Å². The topological polar surface area (TPSA) is 68.3 Å². The zero-order chi connectivity index (χ0) is 20.7. The summed E-state index contributed by atoms with van der Waals surface area (Å²) in [5, 5.41) is 0. The van der Waals surface area contributed by atoms with Crippen LogP contribution in [0.3, 0.4) is 0 Å². The highest BCUT2D eigenvalue weighted by Gasteiger charge is 2.23. The van der Waals surface area contributed by atoms with Crippen molar-refractivity contribution in [1.82, 2.24) is 23.6 Å². The number of aromatic nitrogens is 4. The van der Waals surface area contributed by atoms with Crippen molar-refractivity contribution in [3.63, 3.8) is 0 Å². The third-order valence-electron chi connectivity index (χ3n) is 5.67. The molecule has 0 radical (unpaired) electrons. The molecule has 3 aromatic rings. The number of imidazole rings is 1. The van der Waals surface area contributed by atoms with Gasteiger partial charge in [0.05, 0.1) is 12.2 Å². The van der Waals surface area contributed by atoms with E-state index < -0.39 is 0 Å². The van der Waals surface area contributed by atoms with Gasteiger partial charge in [-0.15, -0.1) is 0 Å². The lowest BCUT2D eigenvalue weighted by Gasteiger charge is -2.36. The molecule has 1 aromatic carbocycles. The first-order chi connectivity index (χ1) is 13.9. The van der Waals surface area contributed by atoms with Crippen molar-refractivity contribution >= 4 is 16.9 Å². The minimum absolute atomic E-state index is 0.203. The number of fused-ring (bicyclic) bond motifs is 1. The van der Waals surface area contributed by atoms with Crippen LogP contribution in [0.25, 0.3) is 11.2 Å². The number of aryl methyl sites for hydroxylation is 2. The lowest BCUT2D eigenvalue weighted by molar-refractivity contribution is 0.240. The normalized spacial score (nSPS) is 15.4. The minimum atomic E-state index is -0.381. The maximum absolute atomic E-state index is 14.0. The predicted octanol–water partition coefficient (Wildman–Crippen LogP) is 0.915. The van der Waals surface area contributed by atoms with Crippen molar-refractivity contribution in [2.75, 3.05) is 31.1 Å². The number of para-hydroxylation sites is 1. The molecule has 1 aliphatic heterocycles. The van der Waals surface area contributed by atoms with Crippen LogP contribution in [0.4, 0.5) is 10.1 Å². The van der Waals surface area contributed by atoms with Gasteiger partial charge >= 0.3 is 5.69 Å². The molecule has 0 atom stereocenters. The number of anilines is 1. The highest BCUT2D eigenvalue weighted by molar-refractivity contribution is 5.71. The lowest BCUT2D eigenvalue weighted by Crippen LogP contribution is -2.46. The molecule has 3 heterocycles. The van der Waals surface area contributed by atoms with Crippen molar-refractivity contribution in [3.05, 3.63) is 56.7 Å². The molecule has 154 valence electrons. The number of piperazine rings is 1. The Kier molecular flexibility index (Phi) is 4.99. The van der Waals surface area contributed by atoms with Gasteiger partial charge in [0.1, 0.15) is 11.6 Å². The molecule has 0 bridgehead atoms. The Hall–Kier alpha value is -2.94. The Labute approximate surface area is 167 Å². The number of hydrogen-bond acceptors (Lipinski definition) is 5. The number of halogens is 1. The van der Waals surface area contributed by atoms with E-state index in [-0.39, 0.29) is 17.1 Å². The first-order valence-electron chi connectivity index (χ1n) is 9.79. The highest BCUT2D eigenvalue weighted by atomic mass is 19.1. The van der Waals surface area contributed by atoms with Crippen molar-refractivity contribution in [3.8, 4) is 0 Å². The monoisotopic (exact) mass is 400 g/mol. The number of nitrogens with zero attached hydrogens (tertiary/aromatic N) is 6. The molecule has 0 unspecified atom stereocenters. The fraction of sp³-hybridized carbons (Fsp3) is 0.450. The van der Waals surface area contributed by atoms with Crippen LogP contribution < -0.4 is 16.1 Å².